The van der Waals surface area contributed by atoms with Gasteiger partial charge in [0.2, 0.25) is 0 Å². The highest BCUT2D eigenvalue weighted by molar-refractivity contribution is 5.38. The summed E-state index contributed by atoms with van der Waals surface area (Å²) in [5, 5.41) is 0. The van der Waals surface area contributed by atoms with E-state index in [0.29, 0.717) is 0 Å². The van der Waals surface area contributed by atoms with Crippen LogP contribution in [0.2, 0.25) is 0 Å². The van der Waals surface area contributed by atoms with Crippen molar-refractivity contribution in [3.8, 4) is 0 Å². The van der Waals surface area contributed by atoms with E-state index in [0.717, 1.165) is 30.2 Å². The molecule has 0 aliphatic carbocycles. The molecular weight excluding hydrogens is 198 g/mol. The molecule has 0 N–H and O–H groups in total. The lowest BCUT2D eigenvalue weighted by Crippen LogP contribution is -2.20. The first kappa shape index (κ1) is 12.9. The average Bonchev–Trinajstić information content (AvgIpc) is 2.16. The maximum absolute atomic E-state index is 4.64. The van der Waals surface area contributed by atoms with Crippen LogP contribution in [-0.2, 0) is 11.8 Å². The van der Waals surface area contributed by atoms with E-state index in [1.807, 2.05) is 19.0 Å². The Bertz CT molecular complexity index is 351. The number of rotatable bonds is 3. The van der Waals surface area contributed by atoms with E-state index in [1.165, 1.54) is 0 Å². The summed E-state index contributed by atoms with van der Waals surface area (Å²) < 4.78 is 0. The van der Waals surface area contributed by atoms with Gasteiger partial charge in [0, 0.05) is 31.3 Å². The molecule has 0 radical (unpaired) electrons. The van der Waals surface area contributed by atoms with Gasteiger partial charge in [-0.1, -0.05) is 34.1 Å². The molecule has 0 fully saturated rings. The Morgan fingerprint density at radius 1 is 1.19 bits per heavy atom. The Kier molecular flexibility index (Phi) is 3.89. The number of hydrogen-bond donors (Lipinski definition) is 0. The van der Waals surface area contributed by atoms with Gasteiger partial charge < -0.3 is 4.90 Å². The number of aryl methyl sites for hydroxylation is 1. The molecule has 1 aromatic heterocycles. The zero-order valence-electron chi connectivity index (χ0n) is 11.3. The minimum Gasteiger partial charge on any atom is -0.363 e. The van der Waals surface area contributed by atoms with Gasteiger partial charge in [0.25, 0.3) is 0 Å². The fourth-order valence-corrected chi connectivity index (χ4v) is 1.43. The molecule has 0 bridgehead atoms. The topological polar surface area (TPSA) is 29.0 Å². The van der Waals surface area contributed by atoms with E-state index < -0.39 is 0 Å². The summed E-state index contributed by atoms with van der Waals surface area (Å²) in [6.07, 6.45) is 2.14. The summed E-state index contributed by atoms with van der Waals surface area (Å²) in [5.74, 6) is 1.94. The van der Waals surface area contributed by atoms with Crippen LogP contribution in [-0.4, -0.2) is 24.1 Å². The smallest absolute Gasteiger partial charge is 0.136 e. The van der Waals surface area contributed by atoms with Gasteiger partial charge in [-0.05, 0) is 6.42 Å². The zero-order chi connectivity index (χ0) is 12.3. The Morgan fingerprint density at radius 2 is 1.81 bits per heavy atom. The largest absolute Gasteiger partial charge is 0.363 e. The van der Waals surface area contributed by atoms with Gasteiger partial charge >= 0.3 is 0 Å². The van der Waals surface area contributed by atoms with Crippen molar-refractivity contribution in [1.82, 2.24) is 9.97 Å². The predicted molar refractivity (Wildman–Crippen MR) is 69.1 cm³/mol. The third-order valence-electron chi connectivity index (χ3n) is 2.40. The van der Waals surface area contributed by atoms with Crippen LogP contribution in [0.1, 0.15) is 45.6 Å². The van der Waals surface area contributed by atoms with Crippen molar-refractivity contribution in [3.63, 3.8) is 0 Å². The van der Waals surface area contributed by atoms with Crippen molar-refractivity contribution in [2.45, 2.75) is 46.0 Å². The summed E-state index contributed by atoms with van der Waals surface area (Å²) in [4.78, 5) is 11.3. The second-order valence-corrected chi connectivity index (χ2v) is 5.44. The number of hydrogen-bond acceptors (Lipinski definition) is 3. The third kappa shape index (κ3) is 3.19. The Morgan fingerprint density at radius 3 is 2.25 bits per heavy atom. The highest BCUT2D eigenvalue weighted by Crippen LogP contribution is 2.21. The Balaban J connectivity index is 3.19. The summed E-state index contributed by atoms with van der Waals surface area (Å²) in [6.45, 7) is 8.63. The molecule has 0 aromatic carbocycles. The molecule has 1 rings (SSSR count). The van der Waals surface area contributed by atoms with Gasteiger partial charge in [0.1, 0.15) is 11.6 Å². The van der Waals surface area contributed by atoms with Gasteiger partial charge in [-0.15, -0.1) is 0 Å². The van der Waals surface area contributed by atoms with E-state index in [9.17, 15) is 0 Å². The molecular formula is C13H23N3. The standard InChI is InChI=1S/C13H23N3/c1-7-8-10-9-11(16(5)6)15-12(14-10)13(2,3)4/h9H,7-8H2,1-6H3. The lowest BCUT2D eigenvalue weighted by Gasteiger charge is -2.20. The molecule has 3 nitrogen and oxygen atoms in total. The summed E-state index contributed by atoms with van der Waals surface area (Å²) in [7, 11) is 4.04. The van der Waals surface area contributed by atoms with Crippen LogP contribution in [0.4, 0.5) is 5.82 Å². The van der Waals surface area contributed by atoms with Crippen molar-refractivity contribution in [1.29, 1.82) is 0 Å². The van der Waals surface area contributed by atoms with Crippen LogP contribution in [0.3, 0.4) is 0 Å². The van der Waals surface area contributed by atoms with Crippen molar-refractivity contribution in [2.24, 2.45) is 0 Å². The number of anilines is 1. The fourth-order valence-electron chi connectivity index (χ4n) is 1.43. The number of aromatic nitrogens is 2. The second kappa shape index (κ2) is 4.81. The van der Waals surface area contributed by atoms with Crippen molar-refractivity contribution >= 4 is 5.82 Å². The van der Waals surface area contributed by atoms with E-state index in [2.05, 4.69) is 43.7 Å². The van der Waals surface area contributed by atoms with E-state index in [1.54, 1.807) is 0 Å². The number of nitrogens with zero attached hydrogens (tertiary/aromatic N) is 3. The quantitative estimate of drug-likeness (QED) is 0.786. The molecule has 0 spiro atoms. The molecule has 0 amide bonds. The zero-order valence-corrected chi connectivity index (χ0v) is 11.3. The Hall–Kier alpha value is -1.12. The van der Waals surface area contributed by atoms with E-state index in [-0.39, 0.29) is 5.41 Å². The molecule has 16 heavy (non-hydrogen) atoms. The molecule has 0 aliphatic heterocycles. The highest BCUT2D eigenvalue weighted by atomic mass is 15.2. The maximum atomic E-state index is 4.64. The molecule has 1 heterocycles. The van der Waals surface area contributed by atoms with Crippen LogP contribution in [0, 0.1) is 0 Å². The van der Waals surface area contributed by atoms with Crippen LogP contribution < -0.4 is 4.90 Å². The molecule has 0 saturated carbocycles. The molecule has 1 aromatic rings. The normalized spacial score (nSPS) is 11.6. The molecule has 0 unspecified atom stereocenters. The van der Waals surface area contributed by atoms with Crippen molar-refractivity contribution in [3.05, 3.63) is 17.6 Å². The van der Waals surface area contributed by atoms with Crippen LogP contribution in [0.15, 0.2) is 6.07 Å². The molecule has 0 aliphatic rings. The van der Waals surface area contributed by atoms with Crippen molar-refractivity contribution in [2.75, 3.05) is 19.0 Å². The summed E-state index contributed by atoms with van der Waals surface area (Å²) in [6, 6.07) is 2.08. The minimum absolute atomic E-state index is 0.00844. The van der Waals surface area contributed by atoms with Crippen LogP contribution >= 0.6 is 0 Å². The lowest BCUT2D eigenvalue weighted by molar-refractivity contribution is 0.540. The van der Waals surface area contributed by atoms with Gasteiger partial charge in [-0.25, -0.2) is 9.97 Å². The minimum atomic E-state index is 0.00844. The van der Waals surface area contributed by atoms with Crippen LogP contribution in [0.5, 0.6) is 0 Å². The fraction of sp³-hybridized carbons (Fsp3) is 0.692. The second-order valence-electron chi connectivity index (χ2n) is 5.44. The van der Waals surface area contributed by atoms with Crippen molar-refractivity contribution < 1.29 is 0 Å². The first-order chi connectivity index (χ1) is 7.34. The molecule has 3 heteroatoms. The monoisotopic (exact) mass is 221 g/mol. The van der Waals surface area contributed by atoms with E-state index in [4.69, 9.17) is 0 Å². The maximum Gasteiger partial charge on any atom is 0.136 e. The highest BCUT2D eigenvalue weighted by Gasteiger charge is 2.19. The molecule has 0 saturated heterocycles. The van der Waals surface area contributed by atoms with Gasteiger partial charge in [0.05, 0.1) is 0 Å². The van der Waals surface area contributed by atoms with Gasteiger partial charge in [-0.3, -0.25) is 0 Å². The average molecular weight is 221 g/mol. The van der Waals surface area contributed by atoms with E-state index >= 15 is 0 Å². The van der Waals surface area contributed by atoms with Crippen LogP contribution in [0.25, 0.3) is 0 Å². The first-order valence-electron chi connectivity index (χ1n) is 5.90. The summed E-state index contributed by atoms with van der Waals surface area (Å²) in [5.41, 5.74) is 1.15. The first-order valence-corrected chi connectivity index (χ1v) is 5.90. The third-order valence-corrected chi connectivity index (χ3v) is 2.40. The summed E-state index contributed by atoms with van der Waals surface area (Å²) >= 11 is 0. The lowest BCUT2D eigenvalue weighted by atomic mass is 9.95. The van der Waals surface area contributed by atoms with Gasteiger partial charge in [-0.2, -0.15) is 0 Å². The predicted octanol–water partition coefficient (Wildman–Crippen LogP) is 2.79. The van der Waals surface area contributed by atoms with Gasteiger partial charge in [0.15, 0.2) is 0 Å². The SMILES string of the molecule is CCCc1cc(N(C)C)nc(C(C)(C)C)n1. The molecule has 0 atom stereocenters. The molecule has 90 valence electrons. The Labute approximate surface area is 98.9 Å².